The van der Waals surface area contributed by atoms with Crippen LogP contribution in [0.3, 0.4) is 0 Å². The zero-order chi connectivity index (χ0) is 14.7. The van der Waals surface area contributed by atoms with Crippen molar-refractivity contribution < 1.29 is 9.09 Å². The fourth-order valence-electron chi connectivity index (χ4n) is 2.18. The molecule has 0 bridgehead atoms. The summed E-state index contributed by atoms with van der Waals surface area (Å²) >= 11 is 0. The Bertz CT molecular complexity index is 243. The van der Waals surface area contributed by atoms with Crippen LogP contribution < -0.4 is 0 Å². The van der Waals surface area contributed by atoms with Crippen molar-refractivity contribution in [2.24, 2.45) is 5.92 Å². The SMILES string of the molecule is CCCCC(CC)CO[P+](=O)C(C)(CC)CCCC. The van der Waals surface area contributed by atoms with E-state index in [1.165, 1.54) is 19.3 Å². The van der Waals surface area contributed by atoms with Crippen molar-refractivity contribution in [2.75, 3.05) is 6.61 Å². The van der Waals surface area contributed by atoms with Gasteiger partial charge in [-0.15, -0.1) is 4.52 Å². The van der Waals surface area contributed by atoms with Crippen LogP contribution in [0.1, 0.15) is 86.0 Å². The number of hydrogen-bond donors (Lipinski definition) is 0. The Morgan fingerprint density at radius 1 is 1.11 bits per heavy atom. The van der Waals surface area contributed by atoms with Crippen molar-refractivity contribution in [2.45, 2.75) is 91.1 Å². The molecule has 114 valence electrons. The van der Waals surface area contributed by atoms with Gasteiger partial charge in [0.1, 0.15) is 6.61 Å². The summed E-state index contributed by atoms with van der Waals surface area (Å²) in [5.74, 6) is 0.575. The highest BCUT2D eigenvalue weighted by atomic mass is 31.1. The van der Waals surface area contributed by atoms with E-state index < -0.39 is 8.03 Å². The Labute approximate surface area is 121 Å². The standard InChI is InChI=1S/C16H34O2P/c1-6-10-12-15(8-3)14-18-19(17)16(5,9-4)13-11-7-2/h15H,6-14H2,1-5H3/q+1. The lowest BCUT2D eigenvalue weighted by Gasteiger charge is -2.17. The van der Waals surface area contributed by atoms with Gasteiger partial charge in [-0.1, -0.05) is 53.4 Å². The van der Waals surface area contributed by atoms with Crippen LogP contribution in [0.15, 0.2) is 0 Å². The molecule has 0 amide bonds. The minimum absolute atomic E-state index is 0.131. The minimum atomic E-state index is -1.54. The molecule has 0 aliphatic rings. The third kappa shape index (κ3) is 7.42. The second kappa shape index (κ2) is 10.8. The van der Waals surface area contributed by atoms with E-state index in [4.69, 9.17) is 4.52 Å². The third-order valence-corrected chi connectivity index (χ3v) is 6.05. The van der Waals surface area contributed by atoms with Crippen LogP contribution in [0, 0.1) is 5.92 Å². The zero-order valence-electron chi connectivity index (χ0n) is 13.7. The maximum Gasteiger partial charge on any atom is 0.514 e. The van der Waals surface area contributed by atoms with E-state index in [1.54, 1.807) is 0 Å². The van der Waals surface area contributed by atoms with Crippen LogP contribution in [0.25, 0.3) is 0 Å². The van der Waals surface area contributed by atoms with Crippen molar-refractivity contribution in [1.29, 1.82) is 0 Å². The van der Waals surface area contributed by atoms with Crippen LogP contribution in [0.5, 0.6) is 0 Å². The highest BCUT2D eigenvalue weighted by Crippen LogP contribution is 2.46. The minimum Gasteiger partial charge on any atom is -0.146 e. The molecule has 0 heterocycles. The maximum absolute atomic E-state index is 12.4. The number of unbranched alkanes of at least 4 members (excludes halogenated alkanes) is 2. The van der Waals surface area contributed by atoms with Gasteiger partial charge in [0.2, 0.25) is 0 Å². The first-order valence-corrected chi connectivity index (χ1v) is 9.32. The van der Waals surface area contributed by atoms with Crippen LogP contribution in [-0.2, 0) is 9.09 Å². The number of rotatable bonds is 12. The molecule has 0 aromatic heterocycles. The first-order chi connectivity index (χ1) is 9.03. The van der Waals surface area contributed by atoms with Crippen molar-refractivity contribution >= 4 is 8.03 Å². The second-order valence-electron chi connectivity index (χ2n) is 5.92. The molecule has 3 atom stereocenters. The predicted molar refractivity (Wildman–Crippen MR) is 85.1 cm³/mol. The smallest absolute Gasteiger partial charge is 0.146 e. The van der Waals surface area contributed by atoms with Gasteiger partial charge in [0.25, 0.3) is 0 Å². The van der Waals surface area contributed by atoms with Gasteiger partial charge >= 0.3 is 8.03 Å². The summed E-state index contributed by atoms with van der Waals surface area (Å²) < 4.78 is 18.2. The normalized spacial score (nSPS) is 17.0. The molecule has 2 nitrogen and oxygen atoms in total. The molecule has 3 heteroatoms. The predicted octanol–water partition coefficient (Wildman–Crippen LogP) is 6.32. The van der Waals surface area contributed by atoms with Gasteiger partial charge in [0.05, 0.1) is 0 Å². The topological polar surface area (TPSA) is 26.3 Å². The first-order valence-electron chi connectivity index (χ1n) is 8.14. The molecule has 0 radical (unpaired) electrons. The van der Waals surface area contributed by atoms with E-state index in [1.807, 2.05) is 0 Å². The average molecular weight is 289 g/mol. The fourth-order valence-corrected chi connectivity index (χ4v) is 3.44. The molecule has 0 aromatic carbocycles. The summed E-state index contributed by atoms with van der Waals surface area (Å²) in [6.07, 6.45) is 9.06. The Kier molecular flexibility index (Phi) is 10.8. The fraction of sp³-hybridized carbons (Fsp3) is 1.00. The van der Waals surface area contributed by atoms with E-state index in [9.17, 15) is 4.57 Å². The van der Waals surface area contributed by atoms with E-state index >= 15 is 0 Å². The van der Waals surface area contributed by atoms with Gasteiger partial charge < -0.3 is 0 Å². The van der Waals surface area contributed by atoms with Crippen molar-refractivity contribution in [1.82, 2.24) is 0 Å². The molecular formula is C16H34O2P+. The molecule has 0 aliphatic carbocycles. The van der Waals surface area contributed by atoms with E-state index in [0.717, 1.165) is 32.1 Å². The second-order valence-corrected chi connectivity index (χ2v) is 7.78. The van der Waals surface area contributed by atoms with E-state index in [0.29, 0.717) is 12.5 Å². The van der Waals surface area contributed by atoms with E-state index in [2.05, 4.69) is 34.6 Å². The lowest BCUT2D eigenvalue weighted by molar-refractivity contribution is 0.232. The van der Waals surface area contributed by atoms with Crippen molar-refractivity contribution in [3.8, 4) is 0 Å². The molecule has 0 spiro atoms. The summed E-state index contributed by atoms with van der Waals surface area (Å²) in [7, 11) is -1.54. The van der Waals surface area contributed by atoms with Gasteiger partial charge in [-0.3, -0.25) is 0 Å². The van der Waals surface area contributed by atoms with Crippen LogP contribution >= 0.6 is 8.03 Å². The Hall–Kier alpha value is 0.0600. The maximum atomic E-state index is 12.4. The molecule has 0 saturated heterocycles. The monoisotopic (exact) mass is 289 g/mol. The molecule has 0 aromatic rings. The highest BCUT2D eigenvalue weighted by molar-refractivity contribution is 7.41. The van der Waals surface area contributed by atoms with Crippen LogP contribution in [-0.4, -0.2) is 11.8 Å². The summed E-state index contributed by atoms with van der Waals surface area (Å²) in [6, 6.07) is 0. The summed E-state index contributed by atoms with van der Waals surface area (Å²) in [4.78, 5) is 0. The molecule has 0 rings (SSSR count). The largest absolute Gasteiger partial charge is 0.514 e. The Morgan fingerprint density at radius 2 is 1.74 bits per heavy atom. The summed E-state index contributed by atoms with van der Waals surface area (Å²) in [5, 5.41) is -0.131. The first kappa shape index (κ1) is 19.1. The van der Waals surface area contributed by atoms with Crippen LogP contribution in [0.4, 0.5) is 0 Å². The van der Waals surface area contributed by atoms with Gasteiger partial charge in [-0.25, -0.2) is 0 Å². The van der Waals surface area contributed by atoms with Gasteiger partial charge in [-0.2, -0.15) is 0 Å². The molecule has 0 fully saturated rings. The molecular weight excluding hydrogens is 255 g/mol. The van der Waals surface area contributed by atoms with Crippen molar-refractivity contribution in [3.05, 3.63) is 0 Å². The third-order valence-electron chi connectivity index (χ3n) is 4.24. The van der Waals surface area contributed by atoms with Crippen molar-refractivity contribution in [3.63, 3.8) is 0 Å². The lowest BCUT2D eigenvalue weighted by atomic mass is 10.0. The molecule has 0 saturated carbocycles. The zero-order valence-corrected chi connectivity index (χ0v) is 14.6. The number of hydrogen-bond acceptors (Lipinski definition) is 2. The van der Waals surface area contributed by atoms with Crippen LogP contribution in [0.2, 0.25) is 0 Å². The Morgan fingerprint density at radius 3 is 2.21 bits per heavy atom. The van der Waals surface area contributed by atoms with Gasteiger partial charge in [0, 0.05) is 0 Å². The summed E-state index contributed by atoms with van der Waals surface area (Å²) in [6.45, 7) is 11.5. The highest BCUT2D eigenvalue weighted by Gasteiger charge is 2.44. The lowest BCUT2D eigenvalue weighted by Crippen LogP contribution is -2.20. The molecule has 19 heavy (non-hydrogen) atoms. The van der Waals surface area contributed by atoms with E-state index in [-0.39, 0.29) is 5.16 Å². The van der Waals surface area contributed by atoms with Gasteiger partial charge in [0.15, 0.2) is 5.16 Å². The average Bonchev–Trinajstić information content (AvgIpc) is 2.44. The van der Waals surface area contributed by atoms with Gasteiger partial charge in [-0.05, 0) is 43.1 Å². The summed E-state index contributed by atoms with van der Waals surface area (Å²) in [5.41, 5.74) is 0. The molecule has 0 aliphatic heterocycles. The molecule has 0 N–H and O–H groups in total. The molecule has 3 unspecified atom stereocenters. The Balaban J connectivity index is 4.24. The quantitative estimate of drug-likeness (QED) is 0.393.